The molecule has 1 aromatic carbocycles. The van der Waals surface area contributed by atoms with E-state index in [9.17, 15) is 4.79 Å². The van der Waals surface area contributed by atoms with E-state index in [0.717, 1.165) is 10.8 Å². The number of nitrogens with zero attached hydrogens (tertiary/aromatic N) is 2. The highest BCUT2D eigenvalue weighted by Gasteiger charge is 2.16. The fraction of sp³-hybridized carbons (Fsp3) is 0.500. The van der Waals surface area contributed by atoms with Crippen molar-refractivity contribution < 1.29 is 0 Å². The predicted molar refractivity (Wildman–Crippen MR) is 88.9 cm³/mol. The summed E-state index contributed by atoms with van der Waals surface area (Å²) in [6.45, 7) is 2.75. The third-order valence-corrected chi connectivity index (χ3v) is 5.00. The highest BCUT2D eigenvalue weighted by molar-refractivity contribution is 7.99. The van der Waals surface area contributed by atoms with Crippen LogP contribution in [0.25, 0.3) is 10.8 Å². The topological polar surface area (TPSA) is 46.9 Å². The number of thioether (sulfide) groups is 1. The van der Waals surface area contributed by atoms with Gasteiger partial charge in [0.2, 0.25) is 0 Å². The Morgan fingerprint density at radius 1 is 1.38 bits per heavy atom. The van der Waals surface area contributed by atoms with Crippen molar-refractivity contribution in [3.05, 3.63) is 40.8 Å². The van der Waals surface area contributed by atoms with Crippen LogP contribution in [0.1, 0.15) is 19.8 Å². The van der Waals surface area contributed by atoms with E-state index < -0.39 is 0 Å². The molecule has 2 aromatic rings. The van der Waals surface area contributed by atoms with Gasteiger partial charge in [-0.05, 0) is 37.3 Å². The maximum Gasteiger partial charge on any atom is 0.274 e. The average molecular weight is 303 g/mol. The maximum atomic E-state index is 12.4. The number of nitrogens with one attached hydrogen (secondary N) is 1. The zero-order valence-corrected chi connectivity index (χ0v) is 13.1. The van der Waals surface area contributed by atoms with E-state index in [-0.39, 0.29) is 11.6 Å². The molecule has 1 atom stereocenters. The quantitative estimate of drug-likeness (QED) is 0.941. The molecule has 1 N–H and O–H groups in total. The lowest BCUT2D eigenvalue weighted by molar-refractivity contribution is 0.374. The molecule has 5 heteroatoms. The minimum atomic E-state index is 0.000879. The normalized spacial score (nSPS) is 18.0. The van der Waals surface area contributed by atoms with Crippen molar-refractivity contribution in [3.8, 4) is 0 Å². The molecule has 0 aliphatic carbocycles. The van der Waals surface area contributed by atoms with E-state index in [1.807, 2.05) is 36.0 Å². The van der Waals surface area contributed by atoms with E-state index >= 15 is 0 Å². The molecule has 0 spiro atoms. The molecule has 1 aliphatic rings. The summed E-state index contributed by atoms with van der Waals surface area (Å²) in [5, 5.41) is 9.58. The minimum absolute atomic E-state index is 0.000879. The van der Waals surface area contributed by atoms with Gasteiger partial charge in [0.25, 0.3) is 5.56 Å². The second-order valence-corrected chi connectivity index (χ2v) is 6.90. The summed E-state index contributed by atoms with van der Waals surface area (Å²) < 4.78 is 1.58. The minimum Gasteiger partial charge on any atom is -0.310 e. The summed E-state index contributed by atoms with van der Waals surface area (Å²) in [6.07, 6.45) is 4.21. The van der Waals surface area contributed by atoms with Crippen LogP contribution in [0.3, 0.4) is 0 Å². The molecule has 0 radical (unpaired) electrons. The average Bonchev–Trinajstić information content (AvgIpc) is 2.51. The van der Waals surface area contributed by atoms with Crippen LogP contribution in [0.4, 0.5) is 0 Å². The highest BCUT2D eigenvalue weighted by atomic mass is 32.2. The lowest BCUT2D eigenvalue weighted by Gasteiger charge is -2.26. The van der Waals surface area contributed by atoms with E-state index in [4.69, 9.17) is 0 Å². The van der Waals surface area contributed by atoms with Gasteiger partial charge in [-0.2, -0.15) is 16.9 Å². The van der Waals surface area contributed by atoms with Crippen molar-refractivity contribution in [2.75, 3.05) is 11.5 Å². The first-order chi connectivity index (χ1) is 10.2. The Morgan fingerprint density at radius 3 is 2.95 bits per heavy atom. The van der Waals surface area contributed by atoms with Crippen LogP contribution in [-0.4, -0.2) is 33.4 Å². The molecule has 1 aliphatic heterocycles. The number of fused-ring (bicyclic) bond motifs is 1. The van der Waals surface area contributed by atoms with Crippen LogP contribution in [0, 0.1) is 0 Å². The van der Waals surface area contributed by atoms with Crippen LogP contribution < -0.4 is 10.9 Å². The zero-order chi connectivity index (χ0) is 14.7. The van der Waals surface area contributed by atoms with E-state index in [2.05, 4.69) is 17.3 Å². The smallest absolute Gasteiger partial charge is 0.274 e. The van der Waals surface area contributed by atoms with Crippen LogP contribution in [0.2, 0.25) is 0 Å². The van der Waals surface area contributed by atoms with Gasteiger partial charge in [-0.1, -0.05) is 18.2 Å². The number of hydrogen-bond donors (Lipinski definition) is 1. The maximum absolute atomic E-state index is 12.4. The van der Waals surface area contributed by atoms with Crippen molar-refractivity contribution in [2.45, 2.75) is 38.4 Å². The number of aromatic nitrogens is 2. The molecule has 0 bridgehead atoms. The summed E-state index contributed by atoms with van der Waals surface area (Å²) in [6, 6.07) is 8.46. The van der Waals surface area contributed by atoms with E-state index in [1.165, 1.54) is 24.3 Å². The Kier molecular flexibility index (Phi) is 4.60. The number of hydrogen-bond acceptors (Lipinski definition) is 4. The molecule has 1 aromatic heterocycles. The molecule has 112 valence electrons. The van der Waals surface area contributed by atoms with Crippen molar-refractivity contribution in [1.29, 1.82) is 0 Å². The third kappa shape index (κ3) is 3.47. The van der Waals surface area contributed by atoms with Gasteiger partial charge in [0.15, 0.2) is 0 Å². The molecular formula is C16H21N3OS. The summed E-state index contributed by atoms with van der Waals surface area (Å²) in [5.41, 5.74) is 0.000879. The van der Waals surface area contributed by atoms with Crippen LogP contribution in [0.15, 0.2) is 35.3 Å². The summed E-state index contributed by atoms with van der Waals surface area (Å²) in [7, 11) is 0. The predicted octanol–water partition coefficient (Wildman–Crippen LogP) is 2.27. The first-order valence-corrected chi connectivity index (χ1v) is 8.68. The third-order valence-electron chi connectivity index (χ3n) is 3.95. The van der Waals surface area contributed by atoms with E-state index in [1.54, 1.807) is 10.9 Å². The van der Waals surface area contributed by atoms with Gasteiger partial charge in [-0.25, -0.2) is 4.68 Å². The van der Waals surface area contributed by atoms with Gasteiger partial charge in [0, 0.05) is 17.5 Å². The Bertz CT molecular complexity index is 664. The molecule has 3 rings (SSSR count). The molecular weight excluding hydrogens is 282 g/mol. The lowest BCUT2D eigenvalue weighted by Crippen LogP contribution is -2.42. The van der Waals surface area contributed by atoms with Crippen molar-refractivity contribution in [1.82, 2.24) is 15.1 Å². The fourth-order valence-electron chi connectivity index (χ4n) is 2.84. The Labute approximate surface area is 128 Å². The van der Waals surface area contributed by atoms with Crippen LogP contribution in [0.5, 0.6) is 0 Å². The molecule has 0 amide bonds. The van der Waals surface area contributed by atoms with Gasteiger partial charge >= 0.3 is 0 Å². The molecule has 0 saturated carbocycles. The summed E-state index contributed by atoms with van der Waals surface area (Å²) >= 11 is 2.03. The van der Waals surface area contributed by atoms with E-state index in [0.29, 0.717) is 12.6 Å². The molecule has 0 unspecified atom stereocenters. The largest absolute Gasteiger partial charge is 0.310 e. The zero-order valence-electron chi connectivity index (χ0n) is 12.3. The van der Waals surface area contributed by atoms with Crippen LogP contribution >= 0.6 is 11.8 Å². The Balaban J connectivity index is 1.72. The lowest BCUT2D eigenvalue weighted by atomic mass is 10.1. The van der Waals surface area contributed by atoms with Gasteiger partial charge in [0.05, 0.1) is 18.1 Å². The standard InChI is InChI=1S/C16H21N3OS/c1-12(18-14-6-8-21-9-7-14)11-19-16(20)15-5-3-2-4-13(15)10-17-19/h2-5,10,12,14,18H,6-9,11H2,1H3/t12-/m1/s1. The Morgan fingerprint density at radius 2 is 2.14 bits per heavy atom. The SMILES string of the molecule is C[C@H](Cn1ncc2ccccc2c1=O)NC1CCSCC1. The molecule has 21 heavy (non-hydrogen) atoms. The molecule has 1 fully saturated rings. The van der Waals surface area contributed by atoms with Gasteiger partial charge in [-0.15, -0.1) is 0 Å². The number of rotatable bonds is 4. The van der Waals surface area contributed by atoms with Gasteiger partial charge < -0.3 is 5.32 Å². The van der Waals surface area contributed by atoms with Gasteiger partial charge in [-0.3, -0.25) is 4.79 Å². The van der Waals surface area contributed by atoms with Crippen molar-refractivity contribution in [3.63, 3.8) is 0 Å². The Hall–Kier alpha value is -1.33. The second-order valence-electron chi connectivity index (χ2n) is 5.67. The fourth-order valence-corrected chi connectivity index (χ4v) is 3.94. The van der Waals surface area contributed by atoms with Crippen molar-refractivity contribution >= 4 is 22.5 Å². The molecule has 2 heterocycles. The summed E-state index contributed by atoms with van der Waals surface area (Å²) in [5.74, 6) is 2.47. The second kappa shape index (κ2) is 6.62. The monoisotopic (exact) mass is 303 g/mol. The summed E-state index contributed by atoms with van der Waals surface area (Å²) in [4.78, 5) is 12.4. The molecule has 4 nitrogen and oxygen atoms in total. The van der Waals surface area contributed by atoms with Gasteiger partial charge in [0.1, 0.15) is 0 Å². The van der Waals surface area contributed by atoms with Crippen molar-refractivity contribution in [2.24, 2.45) is 0 Å². The highest BCUT2D eigenvalue weighted by Crippen LogP contribution is 2.17. The van der Waals surface area contributed by atoms with Crippen LogP contribution in [-0.2, 0) is 6.54 Å². The number of benzene rings is 1. The first kappa shape index (κ1) is 14.6. The first-order valence-electron chi connectivity index (χ1n) is 7.52. The molecule has 1 saturated heterocycles.